The van der Waals surface area contributed by atoms with Crippen LogP contribution in [0.1, 0.15) is 18.1 Å². The van der Waals surface area contributed by atoms with Crippen molar-refractivity contribution in [1.29, 1.82) is 0 Å². The molecular weight excluding hydrogens is 257 g/mol. The zero-order chi connectivity index (χ0) is 13.7. The van der Waals surface area contributed by atoms with E-state index in [9.17, 15) is 4.39 Å². The van der Waals surface area contributed by atoms with Crippen LogP contribution < -0.4 is 5.32 Å². The van der Waals surface area contributed by atoms with E-state index < -0.39 is 0 Å². The standard InChI is InChI=1S/C16H18FNS/c1-3-18-11-13-8-14(17)10-16(9-13)19-15-6-4-12(2)5-7-15/h4-10,18H,3,11H2,1-2H3. The van der Waals surface area contributed by atoms with E-state index in [1.165, 1.54) is 5.56 Å². The van der Waals surface area contributed by atoms with Crippen molar-refractivity contribution in [2.75, 3.05) is 6.54 Å². The first kappa shape index (κ1) is 14.1. The van der Waals surface area contributed by atoms with Gasteiger partial charge in [-0.25, -0.2) is 4.39 Å². The summed E-state index contributed by atoms with van der Waals surface area (Å²) in [5, 5.41) is 3.21. The molecule has 0 amide bonds. The average molecular weight is 275 g/mol. The van der Waals surface area contributed by atoms with Crippen molar-refractivity contribution in [2.24, 2.45) is 0 Å². The van der Waals surface area contributed by atoms with Gasteiger partial charge in [0.2, 0.25) is 0 Å². The Kier molecular flexibility index (Phi) is 5.00. The van der Waals surface area contributed by atoms with Gasteiger partial charge < -0.3 is 5.32 Å². The molecular formula is C16H18FNS. The van der Waals surface area contributed by atoms with Gasteiger partial charge in [-0.1, -0.05) is 36.4 Å². The monoisotopic (exact) mass is 275 g/mol. The van der Waals surface area contributed by atoms with Gasteiger partial charge in [0.05, 0.1) is 0 Å². The van der Waals surface area contributed by atoms with Crippen LogP contribution in [0, 0.1) is 12.7 Å². The minimum atomic E-state index is -0.176. The van der Waals surface area contributed by atoms with Crippen molar-refractivity contribution >= 4 is 11.8 Å². The first-order valence-electron chi connectivity index (χ1n) is 6.42. The van der Waals surface area contributed by atoms with E-state index in [4.69, 9.17) is 0 Å². The Morgan fingerprint density at radius 3 is 2.47 bits per heavy atom. The molecule has 0 aliphatic carbocycles. The highest BCUT2D eigenvalue weighted by molar-refractivity contribution is 7.99. The zero-order valence-corrected chi connectivity index (χ0v) is 12.1. The summed E-state index contributed by atoms with van der Waals surface area (Å²) < 4.78 is 13.6. The SMILES string of the molecule is CCNCc1cc(F)cc(Sc2ccc(C)cc2)c1. The highest BCUT2D eigenvalue weighted by atomic mass is 32.2. The average Bonchev–Trinajstić information content (AvgIpc) is 2.38. The number of hydrogen-bond acceptors (Lipinski definition) is 2. The van der Waals surface area contributed by atoms with Crippen molar-refractivity contribution in [3.63, 3.8) is 0 Å². The van der Waals surface area contributed by atoms with Crippen molar-refractivity contribution in [1.82, 2.24) is 5.32 Å². The largest absolute Gasteiger partial charge is 0.313 e. The quantitative estimate of drug-likeness (QED) is 0.868. The second kappa shape index (κ2) is 6.73. The maximum atomic E-state index is 13.6. The number of hydrogen-bond donors (Lipinski definition) is 1. The van der Waals surface area contributed by atoms with Crippen LogP contribution in [0.5, 0.6) is 0 Å². The van der Waals surface area contributed by atoms with Gasteiger partial charge in [0, 0.05) is 16.3 Å². The van der Waals surface area contributed by atoms with Crippen molar-refractivity contribution in [3.05, 3.63) is 59.4 Å². The normalized spacial score (nSPS) is 10.7. The highest BCUT2D eigenvalue weighted by Gasteiger charge is 2.03. The summed E-state index contributed by atoms with van der Waals surface area (Å²) in [7, 11) is 0. The molecule has 2 aromatic rings. The van der Waals surface area contributed by atoms with Crippen LogP contribution in [-0.2, 0) is 6.54 Å². The lowest BCUT2D eigenvalue weighted by atomic mass is 10.2. The summed E-state index contributed by atoms with van der Waals surface area (Å²) in [5.41, 5.74) is 2.22. The first-order chi connectivity index (χ1) is 9.17. The summed E-state index contributed by atoms with van der Waals surface area (Å²) in [6.07, 6.45) is 0. The Hall–Kier alpha value is -1.32. The van der Waals surface area contributed by atoms with Crippen LogP contribution in [0.25, 0.3) is 0 Å². The van der Waals surface area contributed by atoms with Crippen LogP contribution in [0.15, 0.2) is 52.3 Å². The number of nitrogens with one attached hydrogen (secondary N) is 1. The van der Waals surface area contributed by atoms with Crippen LogP contribution >= 0.6 is 11.8 Å². The van der Waals surface area contributed by atoms with Crippen LogP contribution in [-0.4, -0.2) is 6.54 Å². The molecule has 0 unspecified atom stereocenters. The second-order valence-electron chi connectivity index (χ2n) is 4.49. The fraction of sp³-hybridized carbons (Fsp3) is 0.250. The Morgan fingerprint density at radius 1 is 1.05 bits per heavy atom. The molecule has 0 saturated carbocycles. The molecule has 100 valence electrons. The van der Waals surface area contributed by atoms with Gasteiger partial charge in [-0.15, -0.1) is 0 Å². The molecule has 0 fully saturated rings. The number of halogens is 1. The maximum absolute atomic E-state index is 13.6. The maximum Gasteiger partial charge on any atom is 0.124 e. The van der Waals surface area contributed by atoms with E-state index in [0.29, 0.717) is 6.54 Å². The van der Waals surface area contributed by atoms with Gasteiger partial charge in [0.15, 0.2) is 0 Å². The topological polar surface area (TPSA) is 12.0 Å². The molecule has 19 heavy (non-hydrogen) atoms. The lowest BCUT2D eigenvalue weighted by Gasteiger charge is -2.07. The van der Waals surface area contributed by atoms with Crippen molar-refractivity contribution in [3.8, 4) is 0 Å². The van der Waals surface area contributed by atoms with Crippen LogP contribution in [0.3, 0.4) is 0 Å². The van der Waals surface area contributed by atoms with Gasteiger partial charge >= 0.3 is 0 Å². The molecule has 1 nitrogen and oxygen atoms in total. The Morgan fingerprint density at radius 2 is 1.79 bits per heavy atom. The minimum absolute atomic E-state index is 0.176. The summed E-state index contributed by atoms with van der Waals surface area (Å²) in [6, 6.07) is 13.5. The molecule has 0 aromatic heterocycles. The third-order valence-corrected chi connectivity index (χ3v) is 3.75. The van der Waals surface area contributed by atoms with Crippen molar-refractivity contribution in [2.45, 2.75) is 30.2 Å². The smallest absolute Gasteiger partial charge is 0.124 e. The lowest BCUT2D eigenvalue weighted by molar-refractivity contribution is 0.617. The third kappa shape index (κ3) is 4.37. The summed E-state index contributed by atoms with van der Waals surface area (Å²) in [6.45, 7) is 5.69. The van der Waals surface area contributed by atoms with Crippen LogP contribution in [0.2, 0.25) is 0 Å². The van der Waals surface area contributed by atoms with Gasteiger partial charge in [0.1, 0.15) is 5.82 Å². The third-order valence-electron chi connectivity index (χ3n) is 2.77. The number of benzene rings is 2. The first-order valence-corrected chi connectivity index (χ1v) is 7.23. The predicted octanol–water partition coefficient (Wildman–Crippen LogP) is 4.39. The molecule has 0 aliphatic rings. The van der Waals surface area contributed by atoms with E-state index in [1.54, 1.807) is 23.9 Å². The number of aryl methyl sites for hydroxylation is 1. The molecule has 0 saturated heterocycles. The fourth-order valence-corrected chi connectivity index (χ4v) is 2.72. The number of rotatable bonds is 5. The minimum Gasteiger partial charge on any atom is -0.313 e. The molecule has 0 heterocycles. The van der Waals surface area contributed by atoms with Gasteiger partial charge in [-0.3, -0.25) is 0 Å². The molecule has 1 N–H and O–H groups in total. The predicted molar refractivity (Wildman–Crippen MR) is 79.1 cm³/mol. The Bertz CT molecular complexity index is 537. The summed E-state index contributed by atoms with van der Waals surface area (Å²) in [4.78, 5) is 2.07. The lowest BCUT2D eigenvalue weighted by Crippen LogP contribution is -2.11. The second-order valence-corrected chi connectivity index (χ2v) is 5.64. The van der Waals surface area contributed by atoms with Gasteiger partial charge in [-0.05, 0) is 49.4 Å². The summed E-state index contributed by atoms with van der Waals surface area (Å²) >= 11 is 1.59. The molecule has 0 spiro atoms. The molecule has 0 radical (unpaired) electrons. The Balaban J connectivity index is 2.15. The van der Waals surface area contributed by atoms with Crippen LogP contribution in [0.4, 0.5) is 4.39 Å². The fourth-order valence-electron chi connectivity index (χ4n) is 1.79. The molecule has 0 atom stereocenters. The van der Waals surface area contributed by atoms with E-state index in [1.807, 2.05) is 13.0 Å². The highest BCUT2D eigenvalue weighted by Crippen LogP contribution is 2.29. The van der Waals surface area contributed by atoms with E-state index in [0.717, 1.165) is 21.9 Å². The van der Waals surface area contributed by atoms with Gasteiger partial charge in [-0.2, -0.15) is 0 Å². The molecule has 0 aliphatic heterocycles. The Labute approximate surface area is 118 Å². The summed E-state index contributed by atoms with van der Waals surface area (Å²) in [5.74, 6) is -0.176. The zero-order valence-electron chi connectivity index (χ0n) is 11.2. The van der Waals surface area contributed by atoms with Gasteiger partial charge in [0.25, 0.3) is 0 Å². The molecule has 2 aromatic carbocycles. The molecule has 2 rings (SSSR count). The molecule has 0 bridgehead atoms. The van der Waals surface area contributed by atoms with Crippen molar-refractivity contribution < 1.29 is 4.39 Å². The van der Waals surface area contributed by atoms with E-state index in [2.05, 4.69) is 36.5 Å². The van der Waals surface area contributed by atoms with E-state index in [-0.39, 0.29) is 5.82 Å². The van der Waals surface area contributed by atoms with E-state index >= 15 is 0 Å². The molecule has 3 heteroatoms.